The van der Waals surface area contributed by atoms with Crippen LogP contribution < -0.4 is 15.8 Å². The van der Waals surface area contributed by atoms with Crippen LogP contribution in [0.25, 0.3) is 0 Å². The van der Waals surface area contributed by atoms with Gasteiger partial charge >= 0.3 is 0 Å². The third-order valence-corrected chi connectivity index (χ3v) is 2.93. The summed E-state index contributed by atoms with van der Waals surface area (Å²) in [6, 6.07) is 4.46. The van der Waals surface area contributed by atoms with Gasteiger partial charge in [0.05, 0.1) is 18.2 Å². The van der Waals surface area contributed by atoms with Crippen LogP contribution in [-0.4, -0.2) is 19.1 Å². The number of hydrogen-bond acceptors (Lipinski definition) is 3. The first-order chi connectivity index (χ1) is 8.25. The maximum absolute atomic E-state index is 11.9. The van der Waals surface area contributed by atoms with Gasteiger partial charge < -0.3 is 15.8 Å². The minimum absolute atomic E-state index is 0.233. The number of nitrogens with one attached hydrogen (secondary N) is 1. The molecule has 0 saturated carbocycles. The van der Waals surface area contributed by atoms with E-state index in [2.05, 4.69) is 5.32 Å². The second-order valence-electron chi connectivity index (χ2n) is 5.18. The van der Waals surface area contributed by atoms with Gasteiger partial charge in [0.2, 0.25) is 5.91 Å². The summed E-state index contributed by atoms with van der Waals surface area (Å²) < 4.78 is 5.04. The van der Waals surface area contributed by atoms with Gasteiger partial charge in [0.1, 0.15) is 5.75 Å². The standard InChI is InChI=1S/C13H19ClN2O2/c1-13(2,3)11(15)12(17)16-8-5-6-10(18-4)9(14)7-8/h5-7,11H,15H2,1-4H3,(H,16,17)/t11-/m0/s1. The zero-order valence-electron chi connectivity index (χ0n) is 11.1. The number of halogens is 1. The molecule has 0 radical (unpaired) electrons. The molecule has 0 spiro atoms. The summed E-state index contributed by atoms with van der Waals surface area (Å²) >= 11 is 5.97. The van der Waals surface area contributed by atoms with Crippen molar-refractivity contribution in [3.8, 4) is 5.75 Å². The smallest absolute Gasteiger partial charge is 0.241 e. The lowest BCUT2D eigenvalue weighted by Gasteiger charge is -2.25. The zero-order chi connectivity index (χ0) is 13.9. The Balaban J connectivity index is 2.80. The van der Waals surface area contributed by atoms with E-state index in [-0.39, 0.29) is 11.3 Å². The number of carbonyl (C=O) groups is 1. The van der Waals surface area contributed by atoms with Crippen molar-refractivity contribution in [1.29, 1.82) is 0 Å². The molecule has 18 heavy (non-hydrogen) atoms. The molecule has 0 heterocycles. The van der Waals surface area contributed by atoms with Gasteiger partial charge in [-0.1, -0.05) is 32.4 Å². The van der Waals surface area contributed by atoms with Crippen molar-refractivity contribution in [2.24, 2.45) is 11.1 Å². The van der Waals surface area contributed by atoms with Gasteiger partial charge in [-0.3, -0.25) is 4.79 Å². The van der Waals surface area contributed by atoms with Gasteiger partial charge in [0.15, 0.2) is 0 Å². The van der Waals surface area contributed by atoms with Crippen LogP contribution in [0.3, 0.4) is 0 Å². The quantitative estimate of drug-likeness (QED) is 0.887. The van der Waals surface area contributed by atoms with Crippen molar-refractivity contribution in [2.75, 3.05) is 12.4 Å². The highest BCUT2D eigenvalue weighted by Gasteiger charge is 2.27. The molecule has 5 heteroatoms. The molecule has 1 aromatic rings. The number of nitrogens with two attached hydrogens (primary N) is 1. The molecule has 1 aromatic carbocycles. The predicted molar refractivity (Wildman–Crippen MR) is 74.1 cm³/mol. The first kappa shape index (κ1) is 14.8. The summed E-state index contributed by atoms with van der Waals surface area (Å²) in [4.78, 5) is 11.9. The fourth-order valence-corrected chi connectivity index (χ4v) is 1.62. The van der Waals surface area contributed by atoms with E-state index in [1.165, 1.54) is 7.11 Å². The fourth-order valence-electron chi connectivity index (χ4n) is 1.36. The predicted octanol–water partition coefficient (Wildman–Crippen LogP) is 2.66. The highest BCUT2D eigenvalue weighted by molar-refractivity contribution is 6.32. The summed E-state index contributed by atoms with van der Waals surface area (Å²) in [5.41, 5.74) is 6.18. The summed E-state index contributed by atoms with van der Waals surface area (Å²) in [5.74, 6) is 0.332. The Labute approximate surface area is 112 Å². The second kappa shape index (κ2) is 5.59. The third-order valence-electron chi connectivity index (χ3n) is 2.63. The van der Waals surface area contributed by atoms with E-state index in [1.54, 1.807) is 18.2 Å². The number of anilines is 1. The van der Waals surface area contributed by atoms with Crippen molar-refractivity contribution in [3.63, 3.8) is 0 Å². The van der Waals surface area contributed by atoms with Gasteiger partial charge in [-0.25, -0.2) is 0 Å². The summed E-state index contributed by atoms with van der Waals surface area (Å²) in [7, 11) is 1.54. The van der Waals surface area contributed by atoms with Crippen molar-refractivity contribution in [2.45, 2.75) is 26.8 Å². The van der Waals surface area contributed by atoms with E-state index >= 15 is 0 Å². The maximum Gasteiger partial charge on any atom is 0.241 e. The van der Waals surface area contributed by atoms with Crippen LogP contribution in [0.15, 0.2) is 18.2 Å². The molecule has 0 aliphatic rings. The van der Waals surface area contributed by atoms with E-state index in [1.807, 2.05) is 20.8 Å². The van der Waals surface area contributed by atoms with Crippen molar-refractivity contribution in [1.82, 2.24) is 0 Å². The van der Waals surface area contributed by atoms with Gasteiger partial charge in [-0.15, -0.1) is 0 Å². The molecule has 0 aromatic heterocycles. The molecule has 1 atom stereocenters. The van der Waals surface area contributed by atoms with Gasteiger partial charge in [0, 0.05) is 5.69 Å². The minimum atomic E-state index is -0.585. The van der Waals surface area contributed by atoms with Crippen molar-refractivity contribution >= 4 is 23.2 Å². The van der Waals surface area contributed by atoms with Gasteiger partial charge in [-0.2, -0.15) is 0 Å². The van der Waals surface area contributed by atoms with Crippen molar-refractivity contribution in [3.05, 3.63) is 23.2 Å². The van der Waals surface area contributed by atoms with Crippen LogP contribution in [0, 0.1) is 5.41 Å². The summed E-state index contributed by atoms with van der Waals surface area (Å²) in [5, 5.41) is 3.18. The largest absolute Gasteiger partial charge is 0.495 e. The molecule has 0 aliphatic carbocycles. The number of hydrogen-bond donors (Lipinski definition) is 2. The Morgan fingerprint density at radius 1 is 1.44 bits per heavy atom. The van der Waals surface area contributed by atoms with Crippen LogP contribution in [0.1, 0.15) is 20.8 Å². The molecule has 0 fully saturated rings. The van der Waals surface area contributed by atoms with Crippen LogP contribution in [0.5, 0.6) is 5.75 Å². The normalized spacial score (nSPS) is 13.0. The maximum atomic E-state index is 11.9. The lowest BCUT2D eigenvalue weighted by Crippen LogP contribution is -2.45. The number of rotatable bonds is 3. The molecule has 0 aliphatic heterocycles. The molecule has 1 amide bonds. The Morgan fingerprint density at radius 2 is 2.06 bits per heavy atom. The van der Waals surface area contributed by atoms with E-state index in [0.29, 0.717) is 16.5 Å². The fraction of sp³-hybridized carbons (Fsp3) is 0.462. The van der Waals surface area contributed by atoms with E-state index in [9.17, 15) is 4.79 Å². The molecule has 100 valence electrons. The zero-order valence-corrected chi connectivity index (χ0v) is 11.8. The summed E-state index contributed by atoms with van der Waals surface area (Å²) in [6.45, 7) is 5.74. The molecular weight excluding hydrogens is 252 g/mol. The molecule has 4 nitrogen and oxygen atoms in total. The number of ether oxygens (including phenoxy) is 1. The molecule has 0 unspecified atom stereocenters. The Morgan fingerprint density at radius 3 is 2.50 bits per heavy atom. The van der Waals surface area contributed by atoms with Gasteiger partial charge in [-0.05, 0) is 23.6 Å². The number of amides is 1. The second-order valence-corrected chi connectivity index (χ2v) is 5.59. The van der Waals surface area contributed by atoms with Crippen LogP contribution >= 0.6 is 11.6 Å². The lowest BCUT2D eigenvalue weighted by molar-refractivity contribution is -0.119. The molecule has 3 N–H and O–H groups in total. The Kier molecular flexibility index (Phi) is 4.59. The first-order valence-corrected chi connectivity index (χ1v) is 6.03. The van der Waals surface area contributed by atoms with Crippen LogP contribution in [0.4, 0.5) is 5.69 Å². The lowest BCUT2D eigenvalue weighted by atomic mass is 9.87. The number of methoxy groups -OCH3 is 1. The molecule has 0 saturated heterocycles. The minimum Gasteiger partial charge on any atom is -0.495 e. The molecule has 0 bridgehead atoms. The van der Waals surface area contributed by atoms with Crippen LogP contribution in [-0.2, 0) is 4.79 Å². The SMILES string of the molecule is COc1ccc(NC(=O)[C@H](N)C(C)(C)C)cc1Cl. The number of carbonyl (C=O) groups excluding carboxylic acids is 1. The topological polar surface area (TPSA) is 64.3 Å². The highest BCUT2D eigenvalue weighted by Crippen LogP contribution is 2.27. The Hall–Kier alpha value is -1.26. The first-order valence-electron chi connectivity index (χ1n) is 5.65. The van der Waals surface area contributed by atoms with E-state index in [0.717, 1.165) is 0 Å². The monoisotopic (exact) mass is 270 g/mol. The van der Waals surface area contributed by atoms with E-state index in [4.69, 9.17) is 22.1 Å². The molecular formula is C13H19ClN2O2. The Bertz CT molecular complexity index is 441. The van der Waals surface area contributed by atoms with E-state index < -0.39 is 6.04 Å². The highest BCUT2D eigenvalue weighted by atomic mass is 35.5. The van der Waals surface area contributed by atoms with Crippen molar-refractivity contribution < 1.29 is 9.53 Å². The summed E-state index contributed by atoms with van der Waals surface area (Å²) in [6.07, 6.45) is 0. The number of benzene rings is 1. The van der Waals surface area contributed by atoms with Gasteiger partial charge in [0.25, 0.3) is 0 Å². The average molecular weight is 271 g/mol. The average Bonchev–Trinajstić information content (AvgIpc) is 2.27. The molecule has 1 rings (SSSR count). The third kappa shape index (κ3) is 3.62. The van der Waals surface area contributed by atoms with Crippen LogP contribution in [0.2, 0.25) is 5.02 Å².